The third kappa shape index (κ3) is 4.21. The zero-order valence-electron chi connectivity index (χ0n) is 19.9. The summed E-state index contributed by atoms with van der Waals surface area (Å²) in [5, 5.41) is 0.490. The number of hydrogen-bond donors (Lipinski definition) is 0. The van der Waals surface area contributed by atoms with E-state index in [-0.39, 0.29) is 17.4 Å². The van der Waals surface area contributed by atoms with E-state index in [1.807, 2.05) is 92.7 Å². The molecule has 0 atom stereocenters. The maximum atomic E-state index is 14.7. The lowest BCUT2D eigenvalue weighted by Crippen LogP contribution is -2.29. The van der Waals surface area contributed by atoms with Gasteiger partial charge >= 0.3 is 0 Å². The van der Waals surface area contributed by atoms with E-state index in [1.54, 1.807) is 28.6 Å². The van der Waals surface area contributed by atoms with Crippen LogP contribution in [0.5, 0.6) is 0 Å². The van der Waals surface area contributed by atoms with Crippen LogP contribution in [0, 0.1) is 19.7 Å². The van der Waals surface area contributed by atoms with Crippen molar-refractivity contribution in [3.63, 3.8) is 0 Å². The van der Waals surface area contributed by atoms with Gasteiger partial charge in [0, 0.05) is 12.7 Å². The predicted octanol–water partition coefficient (Wildman–Crippen LogP) is 6.56. The van der Waals surface area contributed by atoms with E-state index in [0.717, 1.165) is 16.7 Å². The molecule has 1 aromatic heterocycles. The van der Waals surface area contributed by atoms with E-state index in [9.17, 15) is 9.18 Å². The molecule has 174 valence electrons. The summed E-state index contributed by atoms with van der Waals surface area (Å²) >= 11 is 0. The highest BCUT2D eigenvalue weighted by molar-refractivity contribution is 5.83. The molecule has 0 N–H and O–H groups in total. The van der Waals surface area contributed by atoms with Crippen LogP contribution in [-0.4, -0.2) is 16.6 Å². The number of anilines is 2. The topological polar surface area (TPSA) is 38.1 Å². The minimum absolute atomic E-state index is 0.134. The first-order valence-corrected chi connectivity index (χ1v) is 11.6. The zero-order chi connectivity index (χ0) is 24.5. The number of benzene rings is 4. The van der Waals surface area contributed by atoms with Gasteiger partial charge < -0.3 is 4.90 Å². The number of fused-ring (bicyclic) bond motifs is 1. The van der Waals surface area contributed by atoms with Crippen LogP contribution in [0.1, 0.15) is 28.6 Å². The van der Waals surface area contributed by atoms with Crippen LogP contribution in [0.2, 0.25) is 0 Å². The smallest absolute Gasteiger partial charge is 0.262 e. The molecule has 0 fully saturated rings. The van der Waals surface area contributed by atoms with Crippen LogP contribution >= 0.6 is 0 Å². The van der Waals surface area contributed by atoms with E-state index in [1.165, 1.54) is 6.07 Å². The van der Waals surface area contributed by atoms with Crippen molar-refractivity contribution >= 4 is 22.3 Å². The molecule has 0 unspecified atom stereocenters. The molecule has 0 aliphatic heterocycles. The van der Waals surface area contributed by atoms with Crippen molar-refractivity contribution in [2.45, 2.75) is 19.9 Å². The first-order valence-electron chi connectivity index (χ1n) is 11.6. The third-order valence-electron chi connectivity index (χ3n) is 6.40. The zero-order valence-corrected chi connectivity index (χ0v) is 19.9. The Bertz CT molecular complexity index is 1520. The summed E-state index contributed by atoms with van der Waals surface area (Å²) < 4.78 is 16.4. The molecule has 0 bridgehead atoms. The van der Waals surface area contributed by atoms with Crippen molar-refractivity contribution in [1.82, 2.24) is 9.55 Å². The Morgan fingerprint density at radius 1 is 0.829 bits per heavy atom. The monoisotopic (exact) mass is 463 g/mol. The molecule has 5 heteroatoms. The number of aromatic nitrogens is 2. The second-order valence-corrected chi connectivity index (χ2v) is 8.77. The Labute approximate surface area is 203 Å². The van der Waals surface area contributed by atoms with Crippen LogP contribution in [-0.2, 0) is 0 Å². The van der Waals surface area contributed by atoms with Gasteiger partial charge in [0.1, 0.15) is 11.6 Å². The first kappa shape index (κ1) is 22.5. The Morgan fingerprint density at radius 2 is 1.46 bits per heavy atom. The van der Waals surface area contributed by atoms with Crippen molar-refractivity contribution in [2.24, 2.45) is 0 Å². The first-order chi connectivity index (χ1) is 16.9. The fourth-order valence-corrected chi connectivity index (χ4v) is 4.59. The number of halogens is 1. The van der Waals surface area contributed by atoms with Crippen molar-refractivity contribution in [1.29, 1.82) is 0 Å². The lowest BCUT2D eigenvalue weighted by Gasteiger charge is -2.24. The van der Waals surface area contributed by atoms with Gasteiger partial charge in [-0.2, -0.15) is 0 Å². The molecule has 0 radical (unpaired) electrons. The van der Waals surface area contributed by atoms with Crippen LogP contribution in [0.25, 0.3) is 10.9 Å². The second-order valence-electron chi connectivity index (χ2n) is 8.77. The summed E-state index contributed by atoms with van der Waals surface area (Å²) in [5.74, 6) is 0.325. The van der Waals surface area contributed by atoms with Crippen LogP contribution < -0.4 is 10.5 Å². The van der Waals surface area contributed by atoms with Crippen LogP contribution in [0.15, 0.2) is 102 Å². The van der Waals surface area contributed by atoms with Gasteiger partial charge in [0.25, 0.3) is 5.56 Å². The Balaban J connectivity index is 1.70. The number of nitrogens with zero attached hydrogens (tertiary/aromatic N) is 3. The van der Waals surface area contributed by atoms with Gasteiger partial charge in [-0.05, 0) is 60.9 Å². The summed E-state index contributed by atoms with van der Waals surface area (Å²) in [6, 6.07) is 30.2. The molecule has 0 aliphatic carbocycles. The van der Waals surface area contributed by atoms with E-state index in [4.69, 9.17) is 4.98 Å². The van der Waals surface area contributed by atoms with Gasteiger partial charge in [-0.1, -0.05) is 66.7 Å². The van der Waals surface area contributed by atoms with Gasteiger partial charge in [0.2, 0.25) is 0 Å². The summed E-state index contributed by atoms with van der Waals surface area (Å²) in [7, 11) is 1.80. The molecule has 4 aromatic carbocycles. The van der Waals surface area contributed by atoms with Crippen LogP contribution in [0.3, 0.4) is 0 Å². The van der Waals surface area contributed by atoms with Crippen molar-refractivity contribution < 1.29 is 4.39 Å². The number of rotatable bonds is 5. The molecule has 5 aromatic rings. The van der Waals surface area contributed by atoms with Crippen molar-refractivity contribution in [2.75, 3.05) is 11.9 Å². The van der Waals surface area contributed by atoms with Gasteiger partial charge in [-0.25, -0.2) is 9.37 Å². The van der Waals surface area contributed by atoms with E-state index in [0.29, 0.717) is 28.1 Å². The highest BCUT2D eigenvalue weighted by atomic mass is 19.1. The van der Waals surface area contributed by atoms with Crippen molar-refractivity contribution in [3.05, 3.63) is 136 Å². The molecule has 1 heterocycles. The Hall–Kier alpha value is -4.25. The summed E-state index contributed by atoms with van der Waals surface area (Å²) in [4.78, 5) is 20.5. The fraction of sp³-hybridized carbons (Fsp3) is 0.133. The maximum Gasteiger partial charge on any atom is 0.262 e. The molecule has 4 nitrogen and oxygen atoms in total. The second kappa shape index (κ2) is 9.18. The van der Waals surface area contributed by atoms with Crippen LogP contribution in [0.4, 0.5) is 15.8 Å². The normalized spacial score (nSPS) is 11.2. The summed E-state index contributed by atoms with van der Waals surface area (Å²) in [6.07, 6.45) is 0. The van der Waals surface area contributed by atoms with Gasteiger partial charge in [0.15, 0.2) is 0 Å². The van der Waals surface area contributed by atoms with Crippen molar-refractivity contribution in [3.8, 4) is 0 Å². The molecule has 0 aliphatic rings. The van der Waals surface area contributed by atoms with E-state index >= 15 is 0 Å². The third-order valence-corrected chi connectivity index (χ3v) is 6.40. The minimum atomic E-state index is -0.322. The standard InChI is InChI=1S/C30H26FN3O/c1-20-14-17-28(26(31)18-20)33(3)24-15-16-27-25(19-24)30(35)34(21(2)32-27)29(22-10-6-4-7-11-22)23-12-8-5-9-13-23/h4-19,29H,1-3H3. The number of hydrogen-bond acceptors (Lipinski definition) is 3. The van der Waals surface area contributed by atoms with Gasteiger partial charge in [-0.15, -0.1) is 0 Å². The quantitative estimate of drug-likeness (QED) is 0.296. The molecule has 0 saturated heterocycles. The average molecular weight is 464 g/mol. The molecule has 0 amide bonds. The lowest BCUT2D eigenvalue weighted by atomic mass is 9.98. The maximum absolute atomic E-state index is 14.7. The highest BCUT2D eigenvalue weighted by Crippen LogP contribution is 2.30. The highest BCUT2D eigenvalue weighted by Gasteiger charge is 2.22. The van der Waals surface area contributed by atoms with E-state index < -0.39 is 0 Å². The fourth-order valence-electron chi connectivity index (χ4n) is 4.59. The van der Waals surface area contributed by atoms with Gasteiger partial charge in [-0.3, -0.25) is 9.36 Å². The molecule has 35 heavy (non-hydrogen) atoms. The largest absolute Gasteiger partial charge is 0.342 e. The average Bonchev–Trinajstić information content (AvgIpc) is 2.87. The molecular weight excluding hydrogens is 437 g/mol. The molecule has 5 rings (SSSR count). The predicted molar refractivity (Wildman–Crippen MR) is 140 cm³/mol. The SMILES string of the molecule is Cc1ccc(N(C)c2ccc3nc(C)n(C(c4ccccc4)c4ccccc4)c(=O)c3c2)c(F)c1. The summed E-state index contributed by atoms with van der Waals surface area (Å²) in [5.41, 5.74) is 4.50. The minimum Gasteiger partial charge on any atom is -0.342 e. The lowest BCUT2D eigenvalue weighted by molar-refractivity contribution is 0.619. The Kier molecular flexibility index (Phi) is 5.91. The van der Waals surface area contributed by atoms with E-state index in [2.05, 4.69) is 0 Å². The van der Waals surface area contributed by atoms with Gasteiger partial charge in [0.05, 0.1) is 22.6 Å². The molecule has 0 spiro atoms. The number of aryl methyl sites for hydroxylation is 2. The summed E-state index contributed by atoms with van der Waals surface area (Å²) in [6.45, 7) is 3.72. The molecule has 0 saturated carbocycles. The Morgan fingerprint density at radius 3 is 2.06 bits per heavy atom. The molecular formula is C30H26FN3O.